The molecule has 110 valence electrons. The number of amides is 1. The van der Waals surface area contributed by atoms with Gasteiger partial charge in [-0.05, 0) is 32.6 Å². The van der Waals surface area contributed by atoms with Gasteiger partial charge in [0.25, 0.3) is 5.91 Å². The first-order valence-corrected chi connectivity index (χ1v) is 6.93. The monoisotopic (exact) mass is 277 g/mol. The largest absolute Gasteiger partial charge is 0.366 e. The number of morpholine rings is 1. The van der Waals surface area contributed by atoms with E-state index >= 15 is 0 Å². The van der Waals surface area contributed by atoms with Crippen LogP contribution in [-0.4, -0.2) is 50.7 Å². The summed E-state index contributed by atoms with van der Waals surface area (Å²) in [6.45, 7) is 4.80. The molecule has 1 atom stereocenters. The van der Waals surface area contributed by atoms with E-state index in [0.29, 0.717) is 13.2 Å². The highest BCUT2D eigenvalue weighted by Gasteiger charge is 2.22. The van der Waals surface area contributed by atoms with E-state index in [1.54, 1.807) is 0 Å². The summed E-state index contributed by atoms with van der Waals surface area (Å²) in [5, 5.41) is 6.15. The molecule has 2 rings (SSSR count). The Labute approximate surface area is 120 Å². The maximum Gasteiger partial charge on any atom is 0.254 e. The van der Waals surface area contributed by atoms with Crippen molar-refractivity contribution in [3.63, 3.8) is 0 Å². The van der Waals surface area contributed by atoms with E-state index in [2.05, 4.69) is 28.5 Å². The number of hydrogen-bond acceptors (Lipinski definition) is 4. The molecule has 1 saturated heterocycles. The second-order valence-electron chi connectivity index (χ2n) is 5.45. The van der Waals surface area contributed by atoms with Crippen LogP contribution in [0.25, 0.3) is 0 Å². The number of aryl methyl sites for hydroxylation is 1. The summed E-state index contributed by atoms with van der Waals surface area (Å²) < 4.78 is 5.47. The smallest absolute Gasteiger partial charge is 0.254 e. The summed E-state index contributed by atoms with van der Waals surface area (Å²) in [6.07, 6.45) is -0.405. The lowest BCUT2D eigenvalue weighted by Crippen LogP contribution is -2.45. The second-order valence-corrected chi connectivity index (χ2v) is 5.45. The molecule has 0 radical (unpaired) electrons. The van der Waals surface area contributed by atoms with Crippen molar-refractivity contribution in [2.45, 2.75) is 19.6 Å². The Hall–Kier alpha value is -1.43. The van der Waals surface area contributed by atoms with Crippen molar-refractivity contribution in [1.29, 1.82) is 0 Å². The first-order chi connectivity index (χ1) is 9.56. The van der Waals surface area contributed by atoms with Crippen molar-refractivity contribution < 1.29 is 9.53 Å². The van der Waals surface area contributed by atoms with E-state index in [0.717, 1.165) is 24.3 Å². The quantitative estimate of drug-likeness (QED) is 0.861. The summed E-state index contributed by atoms with van der Waals surface area (Å²) >= 11 is 0. The molecular weight excluding hydrogens is 254 g/mol. The van der Waals surface area contributed by atoms with E-state index < -0.39 is 6.10 Å². The summed E-state index contributed by atoms with van der Waals surface area (Å²) in [4.78, 5) is 14.3. The van der Waals surface area contributed by atoms with Crippen molar-refractivity contribution in [1.82, 2.24) is 10.2 Å². The fourth-order valence-corrected chi connectivity index (χ4v) is 2.26. The van der Waals surface area contributed by atoms with Gasteiger partial charge in [0.05, 0.1) is 6.61 Å². The van der Waals surface area contributed by atoms with Gasteiger partial charge >= 0.3 is 0 Å². The number of rotatable bonds is 4. The van der Waals surface area contributed by atoms with Gasteiger partial charge in [-0.25, -0.2) is 0 Å². The lowest BCUT2D eigenvalue weighted by Gasteiger charge is -2.23. The maximum absolute atomic E-state index is 12.2. The topological polar surface area (TPSA) is 53.6 Å². The van der Waals surface area contributed by atoms with Gasteiger partial charge in [0, 0.05) is 25.3 Å². The van der Waals surface area contributed by atoms with Crippen LogP contribution in [0.1, 0.15) is 11.1 Å². The summed E-state index contributed by atoms with van der Waals surface area (Å²) in [7, 11) is 4.03. The normalized spacial score (nSPS) is 19.1. The average Bonchev–Trinajstić information content (AvgIpc) is 2.42. The average molecular weight is 277 g/mol. The molecular formula is C15H23N3O2. The van der Waals surface area contributed by atoms with Crippen LogP contribution in [0.2, 0.25) is 0 Å². The standard InChI is InChI=1S/C15H23N3O2/c1-11-4-5-13(12(8-11)10-18(2)3)17-15(19)14-9-16-6-7-20-14/h4-5,8,14,16H,6-7,9-10H2,1-3H3,(H,17,19). The van der Waals surface area contributed by atoms with E-state index in [-0.39, 0.29) is 5.91 Å². The minimum absolute atomic E-state index is 0.0824. The highest BCUT2D eigenvalue weighted by Crippen LogP contribution is 2.19. The third-order valence-corrected chi connectivity index (χ3v) is 3.23. The lowest BCUT2D eigenvalue weighted by molar-refractivity contribution is -0.128. The van der Waals surface area contributed by atoms with Crippen LogP contribution in [-0.2, 0) is 16.1 Å². The number of carbonyl (C=O) groups is 1. The van der Waals surface area contributed by atoms with Gasteiger partial charge in [0.1, 0.15) is 6.10 Å². The van der Waals surface area contributed by atoms with Crippen molar-refractivity contribution in [2.24, 2.45) is 0 Å². The number of anilines is 1. The molecule has 0 aliphatic carbocycles. The number of nitrogens with zero attached hydrogens (tertiary/aromatic N) is 1. The predicted molar refractivity (Wildman–Crippen MR) is 79.8 cm³/mol. The van der Waals surface area contributed by atoms with E-state index in [1.807, 2.05) is 26.2 Å². The molecule has 1 fully saturated rings. The Bertz CT molecular complexity index is 468. The van der Waals surface area contributed by atoms with Crippen LogP contribution in [0, 0.1) is 6.92 Å². The highest BCUT2D eigenvalue weighted by molar-refractivity contribution is 5.95. The number of benzene rings is 1. The van der Waals surface area contributed by atoms with Crippen LogP contribution in [0.4, 0.5) is 5.69 Å². The van der Waals surface area contributed by atoms with Crippen molar-refractivity contribution in [3.8, 4) is 0 Å². The van der Waals surface area contributed by atoms with Crippen molar-refractivity contribution >= 4 is 11.6 Å². The fourth-order valence-electron chi connectivity index (χ4n) is 2.26. The van der Waals surface area contributed by atoms with Gasteiger partial charge < -0.3 is 20.3 Å². The van der Waals surface area contributed by atoms with Gasteiger partial charge in [0.15, 0.2) is 0 Å². The Morgan fingerprint density at radius 2 is 2.30 bits per heavy atom. The minimum atomic E-state index is -0.405. The number of ether oxygens (including phenoxy) is 1. The van der Waals surface area contributed by atoms with Crippen LogP contribution >= 0.6 is 0 Å². The molecule has 1 aliphatic rings. The highest BCUT2D eigenvalue weighted by atomic mass is 16.5. The fraction of sp³-hybridized carbons (Fsp3) is 0.533. The van der Waals surface area contributed by atoms with Crippen LogP contribution in [0.15, 0.2) is 18.2 Å². The molecule has 1 unspecified atom stereocenters. The van der Waals surface area contributed by atoms with Gasteiger partial charge in [-0.3, -0.25) is 4.79 Å². The zero-order valence-electron chi connectivity index (χ0n) is 12.4. The molecule has 1 amide bonds. The van der Waals surface area contributed by atoms with Crippen LogP contribution in [0.5, 0.6) is 0 Å². The van der Waals surface area contributed by atoms with Gasteiger partial charge in [-0.2, -0.15) is 0 Å². The van der Waals surface area contributed by atoms with Crippen LogP contribution < -0.4 is 10.6 Å². The van der Waals surface area contributed by atoms with E-state index in [1.165, 1.54) is 5.56 Å². The number of carbonyl (C=O) groups excluding carboxylic acids is 1. The zero-order chi connectivity index (χ0) is 14.5. The van der Waals surface area contributed by atoms with Crippen molar-refractivity contribution in [3.05, 3.63) is 29.3 Å². The van der Waals surface area contributed by atoms with Crippen molar-refractivity contribution in [2.75, 3.05) is 39.1 Å². The van der Waals surface area contributed by atoms with Crippen LogP contribution in [0.3, 0.4) is 0 Å². The van der Waals surface area contributed by atoms with E-state index in [4.69, 9.17) is 4.74 Å². The zero-order valence-corrected chi connectivity index (χ0v) is 12.4. The predicted octanol–water partition coefficient (Wildman–Crippen LogP) is 0.984. The Morgan fingerprint density at radius 1 is 1.50 bits per heavy atom. The Kier molecular flexibility index (Phi) is 5.11. The molecule has 20 heavy (non-hydrogen) atoms. The first kappa shape index (κ1) is 15.0. The molecule has 5 nitrogen and oxygen atoms in total. The maximum atomic E-state index is 12.2. The third kappa shape index (κ3) is 4.03. The van der Waals surface area contributed by atoms with Gasteiger partial charge in [0.2, 0.25) is 0 Å². The summed E-state index contributed by atoms with van der Waals surface area (Å²) in [5.41, 5.74) is 3.17. The molecule has 1 heterocycles. The molecule has 0 bridgehead atoms. The first-order valence-electron chi connectivity index (χ1n) is 6.93. The Morgan fingerprint density at radius 3 is 2.95 bits per heavy atom. The minimum Gasteiger partial charge on any atom is -0.366 e. The molecule has 0 saturated carbocycles. The molecule has 5 heteroatoms. The third-order valence-electron chi connectivity index (χ3n) is 3.23. The molecule has 0 spiro atoms. The van der Waals surface area contributed by atoms with E-state index in [9.17, 15) is 4.79 Å². The molecule has 0 aromatic heterocycles. The lowest BCUT2D eigenvalue weighted by atomic mass is 10.1. The molecule has 1 aromatic rings. The molecule has 2 N–H and O–H groups in total. The second kappa shape index (κ2) is 6.83. The van der Waals surface area contributed by atoms with Gasteiger partial charge in [-0.1, -0.05) is 17.7 Å². The van der Waals surface area contributed by atoms with Gasteiger partial charge in [-0.15, -0.1) is 0 Å². The SMILES string of the molecule is Cc1ccc(NC(=O)C2CNCCO2)c(CN(C)C)c1. The number of hydrogen-bond donors (Lipinski definition) is 2. The number of nitrogens with one attached hydrogen (secondary N) is 2. The summed E-state index contributed by atoms with van der Waals surface area (Å²) in [5.74, 6) is -0.0824. The molecule has 1 aromatic carbocycles. The Balaban J connectivity index is 2.09. The molecule has 1 aliphatic heterocycles. The summed E-state index contributed by atoms with van der Waals surface area (Å²) in [6, 6.07) is 6.08.